The third kappa shape index (κ3) is 2.29. The Kier molecular flexibility index (Phi) is 3.57. The summed E-state index contributed by atoms with van der Waals surface area (Å²) in [6.07, 6.45) is 4.95. The molecule has 0 aromatic heterocycles. The molecule has 1 aliphatic heterocycles. The highest BCUT2D eigenvalue weighted by atomic mass is 35.5. The van der Waals surface area contributed by atoms with E-state index in [1.807, 2.05) is 6.07 Å². The minimum Gasteiger partial charge on any atom is -0.478 e. The van der Waals surface area contributed by atoms with E-state index in [2.05, 4.69) is 17.5 Å². The Morgan fingerprint density at radius 3 is 2.79 bits per heavy atom. The van der Waals surface area contributed by atoms with E-state index in [1.54, 1.807) is 18.2 Å². The summed E-state index contributed by atoms with van der Waals surface area (Å²) >= 11 is 6.33. The molecule has 3 atom stereocenters. The molecular formula is C19H15ClFNO2. The van der Waals surface area contributed by atoms with Crippen molar-refractivity contribution < 1.29 is 14.3 Å². The van der Waals surface area contributed by atoms with Crippen LogP contribution in [0.4, 0.5) is 10.1 Å². The first-order valence-electron chi connectivity index (χ1n) is 7.80. The summed E-state index contributed by atoms with van der Waals surface area (Å²) in [5, 5.41) is 13.0. The minimum absolute atomic E-state index is 0.0302. The van der Waals surface area contributed by atoms with Gasteiger partial charge in [0.1, 0.15) is 5.82 Å². The van der Waals surface area contributed by atoms with Gasteiger partial charge in [-0.3, -0.25) is 0 Å². The Hall–Kier alpha value is -2.33. The zero-order valence-electron chi connectivity index (χ0n) is 12.7. The minimum atomic E-state index is -1.01. The highest BCUT2D eigenvalue weighted by Gasteiger charge is 2.40. The quantitative estimate of drug-likeness (QED) is 0.754. The number of nitrogens with one attached hydrogen (secondary N) is 1. The van der Waals surface area contributed by atoms with E-state index >= 15 is 0 Å². The molecule has 3 nitrogen and oxygen atoms in total. The lowest BCUT2D eigenvalue weighted by atomic mass is 9.76. The van der Waals surface area contributed by atoms with Gasteiger partial charge in [0, 0.05) is 11.5 Å². The monoisotopic (exact) mass is 343 g/mol. The standard InChI is InChI=1S/C19H15ClFNO2/c20-15-9-10(19(23)24)8-14-11-5-3-6-12(11)17(22-18(14)15)13-4-1-2-7-16(13)21/h1-5,7-9,11-12,17,22H,6H2,(H,23,24)/t11-,12+,17-/m0/s1. The van der Waals surface area contributed by atoms with E-state index < -0.39 is 5.97 Å². The zero-order valence-corrected chi connectivity index (χ0v) is 13.4. The van der Waals surface area contributed by atoms with Crippen LogP contribution in [0, 0.1) is 11.7 Å². The van der Waals surface area contributed by atoms with E-state index in [1.165, 1.54) is 12.1 Å². The van der Waals surface area contributed by atoms with Crippen LogP contribution in [0.5, 0.6) is 0 Å². The predicted octanol–water partition coefficient (Wildman–Crippen LogP) is 5.00. The molecule has 1 aliphatic carbocycles. The number of halogens is 2. The molecule has 2 aromatic carbocycles. The number of carbonyl (C=O) groups is 1. The van der Waals surface area contributed by atoms with Crippen LogP contribution >= 0.6 is 11.6 Å². The van der Waals surface area contributed by atoms with Crippen molar-refractivity contribution in [3.8, 4) is 0 Å². The third-order valence-electron chi connectivity index (χ3n) is 4.91. The Bertz CT molecular complexity index is 864. The average Bonchev–Trinajstić information content (AvgIpc) is 3.05. The number of benzene rings is 2. The Balaban J connectivity index is 1.85. The summed E-state index contributed by atoms with van der Waals surface area (Å²) in [6.45, 7) is 0. The van der Waals surface area contributed by atoms with Crippen molar-refractivity contribution >= 4 is 23.3 Å². The Morgan fingerprint density at radius 2 is 2.04 bits per heavy atom. The summed E-state index contributed by atoms with van der Waals surface area (Å²) in [5.74, 6) is -1.09. The maximum atomic E-state index is 14.3. The van der Waals surface area contributed by atoms with E-state index in [-0.39, 0.29) is 29.3 Å². The molecule has 0 bridgehead atoms. The number of carboxylic acid groups (broad SMARTS) is 1. The number of hydrogen-bond donors (Lipinski definition) is 2. The van der Waals surface area contributed by atoms with Crippen molar-refractivity contribution in [2.75, 3.05) is 5.32 Å². The van der Waals surface area contributed by atoms with Gasteiger partial charge in [-0.1, -0.05) is 42.0 Å². The number of aromatic carboxylic acids is 1. The molecule has 0 amide bonds. The first-order valence-corrected chi connectivity index (χ1v) is 8.18. The second-order valence-corrected chi connectivity index (χ2v) is 6.63. The molecule has 122 valence electrons. The topological polar surface area (TPSA) is 49.3 Å². The van der Waals surface area contributed by atoms with Crippen LogP contribution in [0.15, 0.2) is 48.6 Å². The van der Waals surface area contributed by atoms with Crippen LogP contribution in [-0.2, 0) is 0 Å². The van der Waals surface area contributed by atoms with Crippen LogP contribution in [-0.4, -0.2) is 11.1 Å². The molecular weight excluding hydrogens is 329 g/mol. The van der Waals surface area contributed by atoms with Gasteiger partial charge in [-0.05, 0) is 36.1 Å². The largest absolute Gasteiger partial charge is 0.478 e. The molecule has 0 radical (unpaired) electrons. The van der Waals surface area contributed by atoms with Gasteiger partial charge in [0.05, 0.1) is 22.3 Å². The van der Waals surface area contributed by atoms with E-state index in [9.17, 15) is 14.3 Å². The molecule has 4 rings (SSSR count). The molecule has 0 saturated carbocycles. The number of carboxylic acids is 1. The number of rotatable bonds is 2. The van der Waals surface area contributed by atoms with E-state index in [0.29, 0.717) is 16.3 Å². The molecule has 0 fully saturated rings. The Labute approximate surface area is 143 Å². The summed E-state index contributed by atoms with van der Waals surface area (Å²) in [6, 6.07) is 9.64. The molecule has 0 spiro atoms. The normalized spacial score (nSPS) is 24.2. The maximum absolute atomic E-state index is 14.3. The fourth-order valence-electron chi connectivity index (χ4n) is 3.81. The fourth-order valence-corrected chi connectivity index (χ4v) is 4.10. The first kappa shape index (κ1) is 15.2. The maximum Gasteiger partial charge on any atom is 0.335 e. The van der Waals surface area contributed by atoms with Crippen molar-refractivity contribution in [1.29, 1.82) is 0 Å². The lowest BCUT2D eigenvalue weighted by Gasteiger charge is -2.38. The zero-order chi connectivity index (χ0) is 16.8. The third-order valence-corrected chi connectivity index (χ3v) is 5.21. The second-order valence-electron chi connectivity index (χ2n) is 6.22. The van der Waals surface area contributed by atoms with Gasteiger partial charge in [-0.2, -0.15) is 0 Å². The van der Waals surface area contributed by atoms with Crippen LogP contribution in [0.25, 0.3) is 0 Å². The van der Waals surface area contributed by atoms with Crippen LogP contribution in [0.3, 0.4) is 0 Å². The van der Waals surface area contributed by atoms with Crippen LogP contribution in [0.1, 0.15) is 39.9 Å². The second kappa shape index (κ2) is 5.64. The van der Waals surface area contributed by atoms with Crippen molar-refractivity contribution in [1.82, 2.24) is 0 Å². The molecule has 2 aromatic rings. The highest BCUT2D eigenvalue weighted by Crippen LogP contribution is 2.52. The highest BCUT2D eigenvalue weighted by molar-refractivity contribution is 6.33. The summed E-state index contributed by atoms with van der Waals surface area (Å²) in [7, 11) is 0. The molecule has 2 N–H and O–H groups in total. The van der Waals surface area contributed by atoms with Crippen LogP contribution < -0.4 is 5.32 Å². The van der Waals surface area contributed by atoms with Gasteiger partial charge >= 0.3 is 5.97 Å². The molecule has 5 heteroatoms. The number of hydrogen-bond acceptors (Lipinski definition) is 2. The van der Waals surface area contributed by atoms with Crippen molar-refractivity contribution in [3.63, 3.8) is 0 Å². The summed E-state index contributed by atoms with van der Waals surface area (Å²) < 4.78 is 14.3. The van der Waals surface area contributed by atoms with Gasteiger partial charge in [0.2, 0.25) is 0 Å². The van der Waals surface area contributed by atoms with Gasteiger partial charge < -0.3 is 10.4 Å². The lowest BCUT2D eigenvalue weighted by molar-refractivity contribution is 0.0696. The van der Waals surface area contributed by atoms with Gasteiger partial charge in [-0.15, -0.1) is 0 Å². The molecule has 24 heavy (non-hydrogen) atoms. The van der Waals surface area contributed by atoms with Crippen molar-refractivity contribution in [3.05, 3.63) is 76.1 Å². The summed E-state index contributed by atoms with van der Waals surface area (Å²) in [4.78, 5) is 11.3. The van der Waals surface area contributed by atoms with Crippen molar-refractivity contribution in [2.45, 2.75) is 18.4 Å². The van der Waals surface area contributed by atoms with Crippen molar-refractivity contribution in [2.24, 2.45) is 5.92 Å². The molecule has 2 aliphatic rings. The van der Waals surface area contributed by atoms with Gasteiger partial charge in [0.25, 0.3) is 0 Å². The SMILES string of the molecule is O=C(O)c1cc(Cl)c2c(c1)[C@H]1C=CC[C@H]1[C@@H](c1ccccc1F)N2. The number of anilines is 1. The average molecular weight is 344 g/mol. The summed E-state index contributed by atoms with van der Waals surface area (Å²) in [5.41, 5.74) is 2.35. The predicted molar refractivity (Wildman–Crippen MR) is 91.2 cm³/mol. The molecule has 0 saturated heterocycles. The van der Waals surface area contributed by atoms with Gasteiger partial charge in [0.15, 0.2) is 0 Å². The Morgan fingerprint density at radius 1 is 1.25 bits per heavy atom. The van der Waals surface area contributed by atoms with Gasteiger partial charge in [-0.25, -0.2) is 9.18 Å². The van der Waals surface area contributed by atoms with E-state index in [4.69, 9.17) is 11.6 Å². The van der Waals surface area contributed by atoms with E-state index in [0.717, 1.165) is 12.0 Å². The smallest absolute Gasteiger partial charge is 0.335 e. The first-order chi connectivity index (χ1) is 11.6. The molecule has 0 unspecified atom stereocenters. The lowest BCUT2D eigenvalue weighted by Crippen LogP contribution is -2.30. The number of allylic oxidation sites excluding steroid dienone is 2. The number of fused-ring (bicyclic) bond motifs is 3. The fraction of sp³-hybridized carbons (Fsp3) is 0.211. The van der Waals surface area contributed by atoms with Crippen LogP contribution in [0.2, 0.25) is 5.02 Å². The molecule has 1 heterocycles.